The summed E-state index contributed by atoms with van der Waals surface area (Å²) in [5.74, 6) is 1.000. The fraction of sp³-hybridized carbons (Fsp3) is 0.476. The maximum Gasteiger partial charge on any atom is 0.280 e. The minimum atomic E-state index is -2.75. The summed E-state index contributed by atoms with van der Waals surface area (Å²) in [5, 5.41) is 0. The first-order chi connectivity index (χ1) is 14.0. The molecule has 1 saturated heterocycles. The molecule has 2 aliphatic heterocycles. The Labute approximate surface area is 167 Å². The number of carbonyl (C=O) groups is 1. The summed E-state index contributed by atoms with van der Waals surface area (Å²) in [6.45, 7) is 2.07. The summed E-state index contributed by atoms with van der Waals surface area (Å²) in [4.78, 5) is 30.4. The Morgan fingerprint density at radius 2 is 2.00 bits per heavy atom. The van der Waals surface area contributed by atoms with E-state index in [0.717, 1.165) is 30.2 Å². The van der Waals surface area contributed by atoms with Crippen LogP contribution < -0.4 is 10.3 Å². The largest absolute Gasteiger partial charge is 0.492 e. The number of para-hydroxylation sites is 1. The molecule has 6 nitrogen and oxygen atoms in total. The lowest BCUT2D eigenvalue weighted by molar-refractivity contribution is -0.138. The smallest absolute Gasteiger partial charge is 0.280 e. The van der Waals surface area contributed by atoms with Crippen molar-refractivity contribution in [2.45, 2.75) is 32.2 Å². The molecule has 1 aromatic heterocycles. The van der Waals surface area contributed by atoms with Gasteiger partial charge in [0.25, 0.3) is 12.0 Å². The second-order valence-corrected chi connectivity index (χ2v) is 7.69. The quantitative estimate of drug-likeness (QED) is 0.788. The predicted molar refractivity (Wildman–Crippen MR) is 102 cm³/mol. The summed E-state index contributed by atoms with van der Waals surface area (Å²) in [7, 11) is 0. The summed E-state index contributed by atoms with van der Waals surface area (Å²) >= 11 is 0. The first-order valence-corrected chi connectivity index (χ1v) is 9.85. The molecule has 4 rings (SSSR count). The summed E-state index contributed by atoms with van der Waals surface area (Å²) < 4.78 is 32.4. The minimum Gasteiger partial charge on any atom is -0.492 e. The molecule has 0 saturated carbocycles. The van der Waals surface area contributed by atoms with Gasteiger partial charge in [-0.3, -0.25) is 14.2 Å². The average Bonchev–Trinajstić information content (AvgIpc) is 2.74. The van der Waals surface area contributed by atoms with Crippen molar-refractivity contribution in [1.29, 1.82) is 0 Å². The van der Waals surface area contributed by atoms with Crippen LogP contribution >= 0.6 is 0 Å². The monoisotopic (exact) mass is 403 g/mol. The van der Waals surface area contributed by atoms with Gasteiger partial charge in [-0.25, -0.2) is 13.8 Å². The van der Waals surface area contributed by atoms with Gasteiger partial charge >= 0.3 is 0 Å². The third kappa shape index (κ3) is 4.31. The number of halogens is 2. The van der Waals surface area contributed by atoms with E-state index in [0.29, 0.717) is 32.7 Å². The zero-order valence-corrected chi connectivity index (χ0v) is 16.0. The van der Waals surface area contributed by atoms with Crippen LogP contribution in [0.25, 0.3) is 0 Å². The number of alkyl halides is 2. The van der Waals surface area contributed by atoms with Crippen molar-refractivity contribution >= 4 is 5.91 Å². The van der Waals surface area contributed by atoms with E-state index >= 15 is 0 Å². The van der Waals surface area contributed by atoms with Crippen molar-refractivity contribution in [3.63, 3.8) is 0 Å². The van der Waals surface area contributed by atoms with Crippen LogP contribution in [0, 0.1) is 11.8 Å². The minimum absolute atomic E-state index is 0.109. The number of rotatable bonds is 4. The molecule has 3 heterocycles. The van der Waals surface area contributed by atoms with E-state index in [-0.39, 0.29) is 17.7 Å². The van der Waals surface area contributed by atoms with Crippen LogP contribution in [0.15, 0.2) is 41.5 Å². The Kier molecular flexibility index (Phi) is 5.60. The van der Waals surface area contributed by atoms with E-state index in [4.69, 9.17) is 4.74 Å². The molecule has 0 bridgehead atoms. The molecular weight excluding hydrogens is 380 g/mol. The molecule has 2 aliphatic rings. The number of amides is 1. The zero-order valence-electron chi connectivity index (χ0n) is 16.0. The number of hydrogen-bond donors (Lipinski definition) is 0. The predicted octanol–water partition coefficient (Wildman–Crippen LogP) is 2.67. The van der Waals surface area contributed by atoms with Crippen LogP contribution in [0.5, 0.6) is 5.75 Å². The standard InChI is InChI=1S/C21H23F2N3O3/c22-20(23)17-10-19(27)26(13-24-17)11-14-5-7-25(8-6-14)21(28)16-9-15-3-1-2-4-18(15)29-12-16/h1-4,10,13-14,16,20H,5-9,11-12H2. The maximum atomic E-state index is 12.9. The lowest BCUT2D eigenvalue weighted by Crippen LogP contribution is -2.45. The number of aromatic nitrogens is 2. The molecule has 8 heteroatoms. The molecule has 1 fully saturated rings. The molecule has 0 aliphatic carbocycles. The highest BCUT2D eigenvalue weighted by atomic mass is 19.3. The van der Waals surface area contributed by atoms with Crippen LogP contribution in [-0.4, -0.2) is 40.1 Å². The highest BCUT2D eigenvalue weighted by Gasteiger charge is 2.31. The van der Waals surface area contributed by atoms with Gasteiger partial charge in [0, 0.05) is 25.7 Å². The fourth-order valence-electron chi connectivity index (χ4n) is 4.06. The normalized spacial score (nSPS) is 19.7. The van der Waals surface area contributed by atoms with E-state index in [1.165, 1.54) is 10.9 Å². The maximum absolute atomic E-state index is 12.9. The van der Waals surface area contributed by atoms with Crippen LogP contribution in [0.3, 0.4) is 0 Å². The molecule has 29 heavy (non-hydrogen) atoms. The second-order valence-electron chi connectivity index (χ2n) is 7.69. The van der Waals surface area contributed by atoms with E-state index in [9.17, 15) is 18.4 Å². The molecule has 1 unspecified atom stereocenters. The van der Waals surface area contributed by atoms with Crippen molar-refractivity contribution in [2.75, 3.05) is 19.7 Å². The number of ether oxygens (including phenoxy) is 1. The Balaban J connectivity index is 1.32. The molecule has 1 atom stereocenters. The van der Waals surface area contributed by atoms with Gasteiger partial charge in [0.05, 0.1) is 12.2 Å². The highest BCUT2D eigenvalue weighted by molar-refractivity contribution is 5.80. The third-order valence-corrected chi connectivity index (χ3v) is 5.73. The Bertz CT molecular complexity index is 939. The number of nitrogens with zero attached hydrogens (tertiary/aromatic N) is 3. The van der Waals surface area contributed by atoms with Gasteiger partial charge in [-0.15, -0.1) is 0 Å². The molecular formula is C21H23F2N3O3. The van der Waals surface area contributed by atoms with Gasteiger partial charge in [0.1, 0.15) is 18.1 Å². The lowest BCUT2D eigenvalue weighted by Gasteiger charge is -2.35. The molecule has 0 N–H and O–H groups in total. The number of benzene rings is 1. The van der Waals surface area contributed by atoms with E-state index in [2.05, 4.69) is 4.98 Å². The van der Waals surface area contributed by atoms with E-state index in [1.807, 2.05) is 29.2 Å². The third-order valence-electron chi connectivity index (χ3n) is 5.73. The van der Waals surface area contributed by atoms with E-state index < -0.39 is 17.7 Å². The van der Waals surface area contributed by atoms with Crippen LogP contribution in [0.4, 0.5) is 8.78 Å². The molecule has 154 valence electrons. The zero-order chi connectivity index (χ0) is 20.4. The highest BCUT2D eigenvalue weighted by Crippen LogP contribution is 2.29. The van der Waals surface area contributed by atoms with Crippen molar-refractivity contribution < 1.29 is 18.3 Å². The summed E-state index contributed by atoms with van der Waals surface area (Å²) in [6, 6.07) is 8.68. The first kappa shape index (κ1) is 19.5. The molecule has 2 aromatic rings. The van der Waals surface area contributed by atoms with Gasteiger partial charge in [-0.2, -0.15) is 0 Å². The molecule has 0 radical (unpaired) electrons. The lowest BCUT2D eigenvalue weighted by atomic mass is 9.92. The van der Waals surface area contributed by atoms with Crippen molar-refractivity contribution in [2.24, 2.45) is 11.8 Å². The Hall–Kier alpha value is -2.77. The van der Waals surface area contributed by atoms with Crippen molar-refractivity contribution in [1.82, 2.24) is 14.5 Å². The molecule has 0 spiro atoms. The Morgan fingerprint density at radius 3 is 2.72 bits per heavy atom. The Morgan fingerprint density at radius 1 is 1.24 bits per heavy atom. The topological polar surface area (TPSA) is 64.4 Å². The number of piperidine rings is 1. The summed E-state index contributed by atoms with van der Waals surface area (Å²) in [5.41, 5.74) is 0.0980. The first-order valence-electron chi connectivity index (χ1n) is 9.85. The van der Waals surface area contributed by atoms with Crippen molar-refractivity contribution in [3.05, 3.63) is 58.3 Å². The number of hydrogen-bond acceptors (Lipinski definition) is 4. The van der Waals surface area contributed by atoms with Gasteiger partial charge in [-0.1, -0.05) is 18.2 Å². The van der Waals surface area contributed by atoms with Crippen LogP contribution in [-0.2, 0) is 17.8 Å². The van der Waals surface area contributed by atoms with Crippen LogP contribution in [0.2, 0.25) is 0 Å². The SMILES string of the molecule is O=C(C1COc2ccccc2C1)N1CCC(Cn2cnc(C(F)F)cc2=O)CC1. The van der Waals surface area contributed by atoms with E-state index in [1.54, 1.807) is 0 Å². The molecule has 1 aromatic carbocycles. The number of carbonyl (C=O) groups excluding carboxylic acids is 1. The average molecular weight is 403 g/mol. The van der Waals surface area contributed by atoms with Gasteiger partial charge < -0.3 is 9.64 Å². The van der Waals surface area contributed by atoms with Crippen molar-refractivity contribution in [3.8, 4) is 5.75 Å². The van der Waals surface area contributed by atoms with Crippen LogP contribution in [0.1, 0.15) is 30.5 Å². The van der Waals surface area contributed by atoms with Gasteiger partial charge in [0.15, 0.2) is 0 Å². The summed E-state index contributed by atoms with van der Waals surface area (Å²) in [6.07, 6.45) is 0.657. The molecule has 1 amide bonds. The van der Waals surface area contributed by atoms with Gasteiger partial charge in [-0.05, 0) is 36.8 Å². The number of fused-ring (bicyclic) bond motifs is 1. The van der Waals surface area contributed by atoms with Gasteiger partial charge in [0.2, 0.25) is 5.91 Å². The fourth-order valence-corrected chi connectivity index (χ4v) is 4.06. The number of likely N-dealkylation sites (tertiary alicyclic amines) is 1. The second kappa shape index (κ2) is 8.31.